The minimum atomic E-state index is -0.310. The van der Waals surface area contributed by atoms with Gasteiger partial charge in [-0.05, 0) is 48.2 Å². The maximum Gasteiger partial charge on any atom is 0.315 e. The van der Waals surface area contributed by atoms with Crippen LogP contribution in [0.5, 0.6) is 0 Å². The molecule has 1 aromatic carbocycles. The van der Waals surface area contributed by atoms with Crippen LogP contribution in [-0.4, -0.2) is 44.7 Å². The number of aromatic nitrogens is 4. The largest absolute Gasteiger partial charge is 0.335 e. The van der Waals surface area contributed by atoms with Crippen LogP contribution in [0.1, 0.15) is 31.7 Å². The van der Waals surface area contributed by atoms with E-state index in [0.29, 0.717) is 17.6 Å². The molecule has 2 aliphatic carbocycles. The summed E-state index contributed by atoms with van der Waals surface area (Å²) < 4.78 is 1.82. The van der Waals surface area contributed by atoms with Gasteiger partial charge in [0.2, 0.25) is 5.91 Å². The Morgan fingerprint density at radius 1 is 1.20 bits per heavy atom. The molecule has 2 fully saturated rings. The second kappa shape index (κ2) is 6.50. The summed E-state index contributed by atoms with van der Waals surface area (Å²) in [5.41, 5.74) is 1.48. The van der Waals surface area contributed by atoms with E-state index >= 15 is 0 Å². The van der Waals surface area contributed by atoms with Crippen molar-refractivity contribution in [3.8, 4) is 11.4 Å². The van der Waals surface area contributed by atoms with E-state index in [2.05, 4.69) is 31.5 Å². The lowest BCUT2D eigenvalue weighted by Crippen LogP contribution is -2.40. The fraction of sp³-hybridized carbons (Fsp3) is 0.438. The quantitative estimate of drug-likeness (QED) is 0.727. The van der Waals surface area contributed by atoms with Gasteiger partial charge < -0.3 is 16.0 Å². The Bertz CT molecular complexity index is 795. The molecule has 4 rings (SSSR count). The van der Waals surface area contributed by atoms with Gasteiger partial charge in [-0.2, -0.15) is 0 Å². The van der Waals surface area contributed by atoms with E-state index in [0.717, 1.165) is 31.2 Å². The van der Waals surface area contributed by atoms with Gasteiger partial charge in [0, 0.05) is 17.3 Å². The Morgan fingerprint density at radius 2 is 2.04 bits per heavy atom. The highest BCUT2D eigenvalue weighted by atomic mass is 16.2. The van der Waals surface area contributed by atoms with Gasteiger partial charge in [0.15, 0.2) is 5.82 Å². The summed E-state index contributed by atoms with van der Waals surface area (Å²) in [4.78, 5) is 23.5. The average molecular weight is 341 g/mol. The molecular weight excluding hydrogens is 322 g/mol. The maximum atomic E-state index is 12.0. The molecule has 0 unspecified atom stereocenters. The van der Waals surface area contributed by atoms with Gasteiger partial charge >= 0.3 is 6.03 Å². The molecule has 0 bridgehead atoms. The van der Waals surface area contributed by atoms with Gasteiger partial charge in [0.1, 0.15) is 0 Å². The van der Waals surface area contributed by atoms with Gasteiger partial charge in [0.05, 0.1) is 12.6 Å². The predicted molar refractivity (Wildman–Crippen MR) is 89.7 cm³/mol. The molecule has 1 aromatic heterocycles. The molecule has 3 amide bonds. The van der Waals surface area contributed by atoms with Crippen LogP contribution in [0, 0.1) is 0 Å². The van der Waals surface area contributed by atoms with Crippen molar-refractivity contribution in [2.45, 2.75) is 37.8 Å². The average Bonchev–Trinajstić information content (AvgIpc) is 3.54. The molecule has 130 valence electrons. The first-order chi connectivity index (χ1) is 12.2. The third-order valence-electron chi connectivity index (χ3n) is 4.11. The predicted octanol–water partition coefficient (Wildman–Crippen LogP) is 1.08. The molecule has 1 heterocycles. The summed E-state index contributed by atoms with van der Waals surface area (Å²) in [5, 5.41) is 20.0. The first kappa shape index (κ1) is 15.6. The van der Waals surface area contributed by atoms with Crippen molar-refractivity contribution in [3.63, 3.8) is 0 Å². The lowest BCUT2D eigenvalue weighted by atomic mass is 10.2. The van der Waals surface area contributed by atoms with Crippen molar-refractivity contribution < 1.29 is 9.59 Å². The van der Waals surface area contributed by atoms with Gasteiger partial charge in [-0.15, -0.1) is 5.10 Å². The SMILES string of the molecule is O=C(CNC(=O)NC1CC1)Nc1cccc(-c2nnnn2C2CC2)c1. The maximum absolute atomic E-state index is 12.0. The Hall–Kier alpha value is -2.97. The number of benzene rings is 1. The molecular formula is C16H19N7O2. The number of urea groups is 1. The van der Waals surface area contributed by atoms with Crippen molar-refractivity contribution in [2.24, 2.45) is 0 Å². The Labute approximate surface area is 144 Å². The molecule has 2 saturated carbocycles. The van der Waals surface area contributed by atoms with Crippen molar-refractivity contribution in [1.82, 2.24) is 30.8 Å². The van der Waals surface area contributed by atoms with E-state index in [1.54, 1.807) is 6.07 Å². The third kappa shape index (κ3) is 3.93. The normalized spacial score (nSPS) is 16.3. The molecule has 0 radical (unpaired) electrons. The van der Waals surface area contributed by atoms with E-state index in [9.17, 15) is 9.59 Å². The van der Waals surface area contributed by atoms with Crippen molar-refractivity contribution in [1.29, 1.82) is 0 Å². The van der Waals surface area contributed by atoms with Crippen molar-refractivity contribution in [2.75, 3.05) is 11.9 Å². The van der Waals surface area contributed by atoms with Gasteiger partial charge in [-0.1, -0.05) is 12.1 Å². The highest BCUT2D eigenvalue weighted by Crippen LogP contribution is 2.36. The zero-order valence-corrected chi connectivity index (χ0v) is 13.6. The first-order valence-electron chi connectivity index (χ1n) is 8.41. The number of carbonyl (C=O) groups excluding carboxylic acids is 2. The van der Waals surface area contributed by atoms with E-state index in [1.165, 1.54) is 0 Å². The van der Waals surface area contributed by atoms with Crippen LogP contribution < -0.4 is 16.0 Å². The molecule has 9 heteroatoms. The van der Waals surface area contributed by atoms with Gasteiger partial charge in [-0.3, -0.25) is 4.79 Å². The molecule has 0 atom stereocenters. The number of anilines is 1. The van der Waals surface area contributed by atoms with Crippen LogP contribution in [0.25, 0.3) is 11.4 Å². The Kier molecular flexibility index (Phi) is 4.04. The van der Waals surface area contributed by atoms with E-state index in [1.807, 2.05) is 22.9 Å². The number of carbonyl (C=O) groups is 2. The second-order valence-corrected chi connectivity index (χ2v) is 6.41. The monoisotopic (exact) mass is 341 g/mol. The summed E-state index contributed by atoms with van der Waals surface area (Å²) >= 11 is 0. The van der Waals surface area contributed by atoms with Crippen LogP contribution in [0.2, 0.25) is 0 Å². The summed E-state index contributed by atoms with van der Waals surface area (Å²) in [5.74, 6) is 0.408. The number of nitrogens with zero attached hydrogens (tertiary/aromatic N) is 4. The van der Waals surface area contributed by atoms with Gasteiger partial charge in [-0.25, -0.2) is 9.48 Å². The minimum Gasteiger partial charge on any atom is -0.335 e. The van der Waals surface area contributed by atoms with Gasteiger partial charge in [0.25, 0.3) is 0 Å². The Balaban J connectivity index is 1.36. The number of nitrogens with one attached hydrogen (secondary N) is 3. The number of rotatable bonds is 6. The summed E-state index contributed by atoms with van der Waals surface area (Å²) in [6, 6.07) is 7.68. The first-order valence-corrected chi connectivity index (χ1v) is 8.41. The van der Waals surface area contributed by atoms with Crippen LogP contribution in [0.3, 0.4) is 0 Å². The molecule has 2 aliphatic rings. The summed E-state index contributed by atoms with van der Waals surface area (Å²) in [6.07, 6.45) is 4.19. The number of hydrogen-bond donors (Lipinski definition) is 3. The molecule has 0 aliphatic heterocycles. The zero-order chi connectivity index (χ0) is 17.2. The minimum absolute atomic E-state index is 0.0808. The lowest BCUT2D eigenvalue weighted by Gasteiger charge is -2.09. The second-order valence-electron chi connectivity index (χ2n) is 6.41. The van der Waals surface area contributed by atoms with Crippen LogP contribution in [0.15, 0.2) is 24.3 Å². The topological polar surface area (TPSA) is 114 Å². The van der Waals surface area contributed by atoms with E-state index in [-0.39, 0.29) is 24.5 Å². The molecule has 3 N–H and O–H groups in total. The van der Waals surface area contributed by atoms with Crippen LogP contribution in [-0.2, 0) is 4.79 Å². The Morgan fingerprint density at radius 3 is 2.80 bits per heavy atom. The third-order valence-corrected chi connectivity index (χ3v) is 4.11. The number of amides is 3. The zero-order valence-electron chi connectivity index (χ0n) is 13.6. The highest BCUT2D eigenvalue weighted by Gasteiger charge is 2.28. The lowest BCUT2D eigenvalue weighted by molar-refractivity contribution is -0.115. The fourth-order valence-corrected chi connectivity index (χ4v) is 2.51. The van der Waals surface area contributed by atoms with Crippen LogP contribution in [0.4, 0.5) is 10.5 Å². The molecule has 25 heavy (non-hydrogen) atoms. The molecule has 2 aromatic rings. The van der Waals surface area contributed by atoms with E-state index < -0.39 is 0 Å². The molecule has 0 saturated heterocycles. The van der Waals surface area contributed by atoms with E-state index in [4.69, 9.17) is 0 Å². The standard InChI is InChI=1S/C16H19N7O2/c24-14(9-17-16(25)19-11-4-5-11)18-12-3-1-2-10(8-12)15-20-21-22-23(15)13-6-7-13/h1-3,8,11,13H,4-7,9H2,(H,18,24)(H2,17,19,25). The number of tetrazole rings is 1. The molecule has 9 nitrogen and oxygen atoms in total. The summed E-state index contributed by atoms with van der Waals surface area (Å²) in [7, 11) is 0. The van der Waals surface area contributed by atoms with Crippen molar-refractivity contribution >= 4 is 17.6 Å². The molecule has 0 spiro atoms. The number of hydrogen-bond acceptors (Lipinski definition) is 5. The van der Waals surface area contributed by atoms with Crippen LogP contribution >= 0.6 is 0 Å². The van der Waals surface area contributed by atoms with Crippen molar-refractivity contribution in [3.05, 3.63) is 24.3 Å². The smallest absolute Gasteiger partial charge is 0.315 e. The summed E-state index contributed by atoms with van der Waals surface area (Å²) in [6.45, 7) is -0.0808. The fourth-order valence-electron chi connectivity index (χ4n) is 2.51. The highest BCUT2D eigenvalue weighted by molar-refractivity contribution is 5.94.